The van der Waals surface area contributed by atoms with E-state index in [2.05, 4.69) is 10.2 Å². The summed E-state index contributed by atoms with van der Waals surface area (Å²) in [4.78, 5) is 26.8. The van der Waals surface area contributed by atoms with Gasteiger partial charge in [-0.15, -0.1) is 0 Å². The number of carbonyl (C=O) groups is 2. The van der Waals surface area contributed by atoms with Crippen LogP contribution in [-0.4, -0.2) is 50.9 Å². The Morgan fingerprint density at radius 3 is 2.29 bits per heavy atom. The molecule has 0 aromatic heterocycles. The summed E-state index contributed by atoms with van der Waals surface area (Å²) < 4.78 is 16.2. The summed E-state index contributed by atoms with van der Waals surface area (Å²) in [6, 6.07) is 11.6. The number of carbonyl (C=O) groups excluding carboxylic acids is 2. The van der Waals surface area contributed by atoms with Gasteiger partial charge in [-0.25, -0.2) is 4.79 Å². The lowest BCUT2D eigenvalue weighted by Gasteiger charge is -2.28. The lowest BCUT2D eigenvalue weighted by Crippen LogP contribution is -2.36. The number of hydrogen-bond donors (Lipinski definition) is 1. The molecule has 0 saturated carbocycles. The van der Waals surface area contributed by atoms with Crippen LogP contribution in [0, 0.1) is 20.8 Å². The summed E-state index contributed by atoms with van der Waals surface area (Å²) in [5.74, 6) is -0.320. The Bertz CT molecular complexity index is 897. The van der Waals surface area contributed by atoms with E-state index in [4.69, 9.17) is 14.2 Å². The summed E-state index contributed by atoms with van der Waals surface area (Å²) in [5.41, 5.74) is 4.77. The molecule has 1 amide bonds. The maximum absolute atomic E-state index is 12.4. The van der Waals surface area contributed by atoms with E-state index in [1.807, 2.05) is 57.2 Å². The van der Waals surface area contributed by atoms with Gasteiger partial charge in [-0.2, -0.15) is 0 Å². The van der Waals surface area contributed by atoms with E-state index in [-0.39, 0.29) is 6.61 Å². The van der Waals surface area contributed by atoms with Crippen molar-refractivity contribution in [2.75, 3.05) is 43.1 Å². The predicted molar refractivity (Wildman–Crippen MR) is 120 cm³/mol. The highest BCUT2D eigenvalue weighted by atomic mass is 16.6. The number of hydrogen-bond acceptors (Lipinski definition) is 6. The number of aryl methyl sites for hydroxylation is 3. The SMILES string of the molecule is Cc1cc(C)c(OCC(=O)O[C@H](C)C(=O)Nc2ccc(N3CCOCC3)cc2)c(C)c1. The van der Waals surface area contributed by atoms with E-state index >= 15 is 0 Å². The molecular formula is C24H30N2O5. The van der Waals surface area contributed by atoms with Gasteiger partial charge in [0, 0.05) is 24.5 Å². The van der Waals surface area contributed by atoms with E-state index in [9.17, 15) is 9.59 Å². The molecule has 0 aliphatic carbocycles. The van der Waals surface area contributed by atoms with Gasteiger partial charge in [0.15, 0.2) is 12.7 Å². The van der Waals surface area contributed by atoms with Crippen molar-refractivity contribution in [2.45, 2.75) is 33.8 Å². The van der Waals surface area contributed by atoms with Crippen molar-refractivity contribution in [3.63, 3.8) is 0 Å². The molecule has 7 heteroatoms. The van der Waals surface area contributed by atoms with Gasteiger partial charge in [-0.3, -0.25) is 4.79 Å². The lowest BCUT2D eigenvalue weighted by atomic mass is 10.1. The number of nitrogens with zero attached hydrogens (tertiary/aromatic N) is 1. The quantitative estimate of drug-likeness (QED) is 0.684. The molecule has 31 heavy (non-hydrogen) atoms. The summed E-state index contributed by atoms with van der Waals surface area (Å²) >= 11 is 0. The van der Waals surface area contributed by atoms with E-state index < -0.39 is 18.0 Å². The van der Waals surface area contributed by atoms with Gasteiger partial charge in [0.1, 0.15) is 5.75 Å². The number of rotatable bonds is 7. The number of esters is 1. The fraction of sp³-hybridized carbons (Fsp3) is 0.417. The first-order valence-corrected chi connectivity index (χ1v) is 10.5. The first kappa shape index (κ1) is 22.6. The third-order valence-corrected chi connectivity index (χ3v) is 5.13. The molecule has 7 nitrogen and oxygen atoms in total. The largest absolute Gasteiger partial charge is 0.481 e. The molecule has 2 aromatic rings. The minimum Gasteiger partial charge on any atom is -0.481 e. The molecule has 3 rings (SSSR count). The lowest BCUT2D eigenvalue weighted by molar-refractivity contribution is -0.155. The zero-order valence-electron chi connectivity index (χ0n) is 18.6. The highest BCUT2D eigenvalue weighted by Crippen LogP contribution is 2.24. The van der Waals surface area contributed by atoms with E-state index in [0.717, 1.165) is 35.5 Å². The van der Waals surface area contributed by atoms with Crippen LogP contribution in [0.1, 0.15) is 23.6 Å². The Balaban J connectivity index is 1.48. The zero-order chi connectivity index (χ0) is 22.4. The molecule has 0 unspecified atom stereocenters. The zero-order valence-corrected chi connectivity index (χ0v) is 18.6. The van der Waals surface area contributed by atoms with E-state index in [1.54, 1.807) is 0 Å². The van der Waals surface area contributed by atoms with Gasteiger partial charge in [-0.1, -0.05) is 17.7 Å². The minimum absolute atomic E-state index is 0.253. The summed E-state index contributed by atoms with van der Waals surface area (Å²) in [6.45, 7) is 10.3. The average molecular weight is 427 g/mol. The topological polar surface area (TPSA) is 77.1 Å². The molecule has 0 bridgehead atoms. The van der Waals surface area contributed by atoms with Crippen molar-refractivity contribution >= 4 is 23.3 Å². The first-order valence-electron chi connectivity index (χ1n) is 10.5. The van der Waals surface area contributed by atoms with Gasteiger partial charge in [-0.05, 0) is 63.1 Å². The van der Waals surface area contributed by atoms with Gasteiger partial charge < -0.3 is 24.4 Å². The number of nitrogens with one attached hydrogen (secondary N) is 1. The molecule has 1 heterocycles. The highest BCUT2D eigenvalue weighted by Gasteiger charge is 2.19. The van der Waals surface area contributed by atoms with Crippen molar-refractivity contribution in [2.24, 2.45) is 0 Å². The van der Waals surface area contributed by atoms with Crippen molar-refractivity contribution in [3.05, 3.63) is 53.1 Å². The summed E-state index contributed by atoms with van der Waals surface area (Å²) in [6.07, 6.45) is -0.935. The molecule has 1 aliphatic heterocycles. The van der Waals surface area contributed by atoms with Gasteiger partial charge in [0.05, 0.1) is 13.2 Å². The van der Waals surface area contributed by atoms with Gasteiger partial charge in [0.2, 0.25) is 0 Å². The molecule has 1 N–H and O–H groups in total. The van der Waals surface area contributed by atoms with Crippen molar-refractivity contribution < 1.29 is 23.8 Å². The third-order valence-electron chi connectivity index (χ3n) is 5.13. The Morgan fingerprint density at radius 2 is 1.68 bits per heavy atom. The van der Waals surface area contributed by atoms with Crippen LogP contribution in [-0.2, 0) is 19.1 Å². The highest BCUT2D eigenvalue weighted by molar-refractivity contribution is 5.95. The van der Waals surface area contributed by atoms with Crippen LogP contribution in [0.4, 0.5) is 11.4 Å². The van der Waals surface area contributed by atoms with Crippen LogP contribution in [0.15, 0.2) is 36.4 Å². The second-order valence-corrected chi connectivity index (χ2v) is 7.78. The molecule has 1 aliphatic rings. The Labute approximate surface area is 183 Å². The molecule has 1 atom stereocenters. The Hall–Kier alpha value is -3.06. The molecule has 2 aromatic carbocycles. The standard InChI is InChI=1S/C24H30N2O5/c1-16-13-17(2)23(18(3)14-16)30-15-22(27)31-19(4)24(28)25-20-5-7-21(8-6-20)26-9-11-29-12-10-26/h5-8,13-14,19H,9-12,15H2,1-4H3,(H,25,28)/t19-/m1/s1. The summed E-state index contributed by atoms with van der Waals surface area (Å²) in [7, 11) is 0. The van der Waals surface area contributed by atoms with Crippen LogP contribution in [0.5, 0.6) is 5.75 Å². The van der Waals surface area contributed by atoms with Gasteiger partial charge >= 0.3 is 5.97 Å². The number of anilines is 2. The predicted octanol–water partition coefficient (Wildman–Crippen LogP) is 3.40. The van der Waals surface area contributed by atoms with Crippen LogP contribution in [0.25, 0.3) is 0 Å². The smallest absolute Gasteiger partial charge is 0.344 e. The van der Waals surface area contributed by atoms with Crippen LogP contribution < -0.4 is 15.0 Å². The molecular weight excluding hydrogens is 396 g/mol. The van der Waals surface area contributed by atoms with Crippen LogP contribution >= 0.6 is 0 Å². The molecule has 0 spiro atoms. The first-order chi connectivity index (χ1) is 14.8. The second-order valence-electron chi connectivity index (χ2n) is 7.78. The van der Waals surface area contributed by atoms with Crippen molar-refractivity contribution in [1.82, 2.24) is 0 Å². The fourth-order valence-electron chi connectivity index (χ4n) is 3.63. The Kier molecular flexibility index (Phi) is 7.52. The maximum atomic E-state index is 12.4. The maximum Gasteiger partial charge on any atom is 0.344 e. The molecule has 1 saturated heterocycles. The van der Waals surface area contributed by atoms with Crippen LogP contribution in [0.2, 0.25) is 0 Å². The second kappa shape index (κ2) is 10.3. The fourth-order valence-corrected chi connectivity index (χ4v) is 3.63. The minimum atomic E-state index is -0.935. The Morgan fingerprint density at radius 1 is 1.06 bits per heavy atom. The van der Waals surface area contributed by atoms with Crippen molar-refractivity contribution in [1.29, 1.82) is 0 Å². The molecule has 166 valence electrons. The molecule has 1 fully saturated rings. The number of ether oxygens (including phenoxy) is 3. The van der Waals surface area contributed by atoms with Crippen LogP contribution in [0.3, 0.4) is 0 Å². The van der Waals surface area contributed by atoms with E-state index in [0.29, 0.717) is 24.7 Å². The number of morpholine rings is 1. The number of benzene rings is 2. The monoisotopic (exact) mass is 426 g/mol. The van der Waals surface area contributed by atoms with Crippen molar-refractivity contribution in [3.8, 4) is 5.75 Å². The van der Waals surface area contributed by atoms with E-state index in [1.165, 1.54) is 6.92 Å². The normalized spacial score (nSPS) is 14.6. The molecule has 0 radical (unpaired) electrons. The number of amides is 1. The van der Waals surface area contributed by atoms with Gasteiger partial charge in [0.25, 0.3) is 5.91 Å². The summed E-state index contributed by atoms with van der Waals surface area (Å²) in [5, 5.41) is 2.78. The third kappa shape index (κ3) is 6.21. The average Bonchev–Trinajstić information content (AvgIpc) is 2.74.